The molecule has 0 saturated heterocycles. The molecule has 2 aromatic carbocycles. The van der Waals surface area contributed by atoms with E-state index in [1.165, 1.54) is 0 Å². The van der Waals surface area contributed by atoms with Crippen LogP contribution in [0.4, 0.5) is 19.3 Å². The van der Waals surface area contributed by atoms with Crippen molar-refractivity contribution in [3.05, 3.63) is 75.3 Å². The van der Waals surface area contributed by atoms with Crippen molar-refractivity contribution in [3.8, 4) is 0 Å². The van der Waals surface area contributed by atoms with Gasteiger partial charge >= 0.3 is 11.8 Å². The Balaban J connectivity index is 1.94. The van der Waals surface area contributed by atoms with Gasteiger partial charge in [0, 0.05) is 24.2 Å². The molecule has 0 atom stereocenters. The summed E-state index contributed by atoms with van der Waals surface area (Å²) in [4.78, 5) is 21.2. The molecule has 2 aromatic rings. The molecule has 1 N–H and O–H groups in total. The minimum absolute atomic E-state index is 0.0265. The zero-order valence-corrected chi connectivity index (χ0v) is 11.8. The summed E-state index contributed by atoms with van der Waals surface area (Å²) in [6, 6.07) is 10.0. The Kier molecular flexibility index (Phi) is 5.19. The van der Waals surface area contributed by atoms with Crippen LogP contribution in [0.2, 0.25) is 0 Å². The molecule has 23 heavy (non-hydrogen) atoms. The van der Waals surface area contributed by atoms with Gasteiger partial charge in [0.15, 0.2) is 0 Å². The van der Waals surface area contributed by atoms with Gasteiger partial charge in [-0.25, -0.2) is 9.18 Å². The molecule has 2 rings (SSSR count). The van der Waals surface area contributed by atoms with E-state index in [0.717, 1.165) is 11.6 Å². The quantitative estimate of drug-likeness (QED) is 0.676. The number of halogens is 2. The number of hydrogen-bond donors (Lipinski definition) is 1. The Hall–Kier alpha value is -3.03. The van der Waals surface area contributed by atoms with Crippen LogP contribution in [0, 0.1) is 21.7 Å². The van der Waals surface area contributed by atoms with Crippen molar-refractivity contribution < 1.29 is 23.2 Å². The molecule has 0 aliphatic carbocycles. The number of alkyl carbamates (subject to hydrolysis) is 1. The summed E-state index contributed by atoms with van der Waals surface area (Å²) in [5, 5.41) is 12.9. The molecular formula is C15H12F2N2O4. The Labute approximate surface area is 129 Å². The maximum atomic E-state index is 13.5. The lowest BCUT2D eigenvalue weighted by atomic mass is 10.2. The second-order valence-electron chi connectivity index (χ2n) is 4.57. The highest BCUT2D eigenvalue weighted by Gasteiger charge is 2.18. The standard InChI is InChI=1S/C15H12F2N2O4/c16-12-7-13(17)14(19(21)22)6-11(12)8-18-15(20)23-9-10-4-2-1-3-5-10/h1-7H,8-9H2,(H,18,20). The molecular weight excluding hydrogens is 310 g/mol. The number of benzene rings is 2. The van der Waals surface area contributed by atoms with Gasteiger partial charge in [0.2, 0.25) is 5.82 Å². The third-order valence-electron chi connectivity index (χ3n) is 2.95. The van der Waals surface area contributed by atoms with E-state index < -0.39 is 28.3 Å². The number of carbonyl (C=O) groups excluding carboxylic acids is 1. The van der Waals surface area contributed by atoms with Gasteiger partial charge in [-0.15, -0.1) is 0 Å². The molecule has 0 heterocycles. The van der Waals surface area contributed by atoms with Gasteiger partial charge in [-0.2, -0.15) is 4.39 Å². The average Bonchev–Trinajstić information content (AvgIpc) is 2.52. The maximum Gasteiger partial charge on any atom is 0.407 e. The predicted molar refractivity (Wildman–Crippen MR) is 76.5 cm³/mol. The first kappa shape index (κ1) is 16.3. The van der Waals surface area contributed by atoms with E-state index in [1.54, 1.807) is 24.3 Å². The third kappa shape index (κ3) is 4.47. The van der Waals surface area contributed by atoms with Crippen molar-refractivity contribution in [1.29, 1.82) is 0 Å². The van der Waals surface area contributed by atoms with Crippen LogP contribution in [0.1, 0.15) is 11.1 Å². The van der Waals surface area contributed by atoms with Gasteiger partial charge in [0.1, 0.15) is 12.4 Å². The Morgan fingerprint density at radius 3 is 2.52 bits per heavy atom. The van der Waals surface area contributed by atoms with Crippen molar-refractivity contribution in [2.24, 2.45) is 0 Å². The van der Waals surface area contributed by atoms with Gasteiger partial charge in [0.05, 0.1) is 4.92 Å². The van der Waals surface area contributed by atoms with E-state index >= 15 is 0 Å². The third-order valence-corrected chi connectivity index (χ3v) is 2.95. The summed E-state index contributed by atoms with van der Waals surface area (Å²) < 4.78 is 31.6. The lowest BCUT2D eigenvalue weighted by molar-refractivity contribution is -0.387. The second-order valence-corrected chi connectivity index (χ2v) is 4.57. The summed E-state index contributed by atoms with van der Waals surface area (Å²) in [7, 11) is 0. The van der Waals surface area contributed by atoms with E-state index in [9.17, 15) is 23.7 Å². The van der Waals surface area contributed by atoms with Crippen molar-refractivity contribution in [2.45, 2.75) is 13.2 Å². The first-order valence-electron chi connectivity index (χ1n) is 6.54. The molecule has 0 bridgehead atoms. The second kappa shape index (κ2) is 7.30. The Morgan fingerprint density at radius 2 is 1.87 bits per heavy atom. The summed E-state index contributed by atoms with van der Waals surface area (Å²) in [5.74, 6) is -2.26. The Bertz CT molecular complexity index is 723. The summed E-state index contributed by atoms with van der Waals surface area (Å²) in [6.45, 7) is -0.334. The molecule has 0 aliphatic rings. The van der Waals surface area contributed by atoms with Crippen LogP contribution in [-0.4, -0.2) is 11.0 Å². The van der Waals surface area contributed by atoms with Crippen molar-refractivity contribution in [2.75, 3.05) is 0 Å². The fraction of sp³-hybridized carbons (Fsp3) is 0.133. The Morgan fingerprint density at radius 1 is 1.17 bits per heavy atom. The molecule has 8 heteroatoms. The zero-order chi connectivity index (χ0) is 16.8. The molecule has 0 aromatic heterocycles. The summed E-state index contributed by atoms with van der Waals surface area (Å²) >= 11 is 0. The van der Waals surface area contributed by atoms with Crippen LogP contribution < -0.4 is 5.32 Å². The number of nitrogens with zero attached hydrogens (tertiary/aromatic N) is 1. The van der Waals surface area contributed by atoms with Crippen LogP contribution in [0.25, 0.3) is 0 Å². The van der Waals surface area contributed by atoms with Crippen molar-refractivity contribution in [1.82, 2.24) is 5.32 Å². The van der Waals surface area contributed by atoms with Crippen molar-refractivity contribution in [3.63, 3.8) is 0 Å². The first-order valence-corrected chi connectivity index (χ1v) is 6.54. The van der Waals surface area contributed by atoms with Gasteiger partial charge < -0.3 is 10.1 Å². The molecule has 120 valence electrons. The average molecular weight is 322 g/mol. The largest absolute Gasteiger partial charge is 0.445 e. The molecule has 6 nitrogen and oxygen atoms in total. The fourth-order valence-corrected chi connectivity index (χ4v) is 1.80. The molecule has 0 unspecified atom stereocenters. The monoisotopic (exact) mass is 322 g/mol. The van der Waals surface area contributed by atoms with Gasteiger partial charge in [0.25, 0.3) is 0 Å². The van der Waals surface area contributed by atoms with E-state index in [4.69, 9.17) is 4.74 Å². The maximum absolute atomic E-state index is 13.5. The van der Waals surface area contributed by atoms with Crippen LogP contribution >= 0.6 is 0 Å². The SMILES string of the molecule is O=C(NCc1cc([N+](=O)[O-])c(F)cc1F)OCc1ccccc1. The highest BCUT2D eigenvalue weighted by atomic mass is 19.1. The lowest BCUT2D eigenvalue weighted by Gasteiger charge is -2.08. The van der Waals surface area contributed by atoms with E-state index in [2.05, 4.69) is 5.32 Å². The molecule has 1 amide bonds. The number of carbonyl (C=O) groups is 1. The summed E-state index contributed by atoms with van der Waals surface area (Å²) in [6.07, 6.45) is -0.819. The molecule has 0 fully saturated rings. The highest BCUT2D eigenvalue weighted by Crippen LogP contribution is 2.21. The van der Waals surface area contributed by atoms with Gasteiger partial charge in [-0.1, -0.05) is 30.3 Å². The number of amides is 1. The number of hydrogen-bond acceptors (Lipinski definition) is 4. The molecule has 0 spiro atoms. The minimum atomic E-state index is -1.28. The highest BCUT2D eigenvalue weighted by molar-refractivity contribution is 5.67. The lowest BCUT2D eigenvalue weighted by Crippen LogP contribution is -2.24. The van der Waals surface area contributed by atoms with Crippen LogP contribution in [-0.2, 0) is 17.9 Å². The molecule has 0 aliphatic heterocycles. The van der Waals surface area contributed by atoms with E-state index in [0.29, 0.717) is 6.07 Å². The predicted octanol–water partition coefficient (Wildman–Crippen LogP) is 3.30. The number of ether oxygens (including phenoxy) is 1. The van der Waals surface area contributed by atoms with Crippen LogP contribution in [0.3, 0.4) is 0 Å². The molecule has 0 radical (unpaired) electrons. The number of nitro benzene ring substituents is 1. The van der Waals surface area contributed by atoms with Gasteiger partial charge in [-0.05, 0) is 5.56 Å². The van der Waals surface area contributed by atoms with Crippen LogP contribution in [0.15, 0.2) is 42.5 Å². The number of nitrogens with one attached hydrogen (secondary N) is 1. The number of nitro groups is 1. The zero-order valence-electron chi connectivity index (χ0n) is 11.8. The fourth-order valence-electron chi connectivity index (χ4n) is 1.80. The first-order chi connectivity index (χ1) is 11.0. The molecule has 0 saturated carbocycles. The number of rotatable bonds is 5. The topological polar surface area (TPSA) is 81.5 Å². The smallest absolute Gasteiger partial charge is 0.407 e. The summed E-state index contributed by atoms with van der Waals surface area (Å²) in [5.41, 5.74) is -0.304. The normalized spacial score (nSPS) is 10.2. The minimum Gasteiger partial charge on any atom is -0.445 e. The van der Waals surface area contributed by atoms with Crippen molar-refractivity contribution >= 4 is 11.8 Å². The van der Waals surface area contributed by atoms with E-state index in [-0.39, 0.29) is 18.7 Å². The van der Waals surface area contributed by atoms with E-state index in [1.807, 2.05) is 6.07 Å². The van der Waals surface area contributed by atoms with Gasteiger partial charge in [-0.3, -0.25) is 10.1 Å². The van der Waals surface area contributed by atoms with Crippen LogP contribution in [0.5, 0.6) is 0 Å².